The van der Waals surface area contributed by atoms with Crippen LogP contribution in [-0.4, -0.2) is 19.1 Å². The maximum Gasteiger partial charge on any atom is 0.328 e. The molecule has 0 atom stereocenters. The molecule has 16 heavy (non-hydrogen) atoms. The largest absolute Gasteiger partial charge is 0.333 e. The van der Waals surface area contributed by atoms with Crippen LogP contribution in [0.4, 0.5) is 0 Å². The monoisotopic (exact) mass is 220 g/mol. The second kappa shape index (κ2) is 4.18. The van der Waals surface area contributed by atoms with Gasteiger partial charge in [0.05, 0.1) is 0 Å². The maximum absolute atomic E-state index is 11.4. The molecule has 2 aromatic rings. The van der Waals surface area contributed by atoms with E-state index in [-0.39, 0.29) is 11.2 Å². The number of hydrogen-bond acceptors (Lipinski definition) is 3. The summed E-state index contributed by atoms with van der Waals surface area (Å²) in [5.41, 5.74) is -0.674. The third kappa shape index (κ3) is 1.95. The van der Waals surface area contributed by atoms with E-state index in [1.54, 1.807) is 6.20 Å². The van der Waals surface area contributed by atoms with Crippen molar-refractivity contribution in [2.24, 2.45) is 0 Å². The Labute approximate surface area is 91.2 Å². The van der Waals surface area contributed by atoms with Crippen LogP contribution in [0.25, 0.3) is 0 Å². The molecule has 0 aromatic carbocycles. The highest BCUT2D eigenvalue weighted by Gasteiger charge is 2.01. The van der Waals surface area contributed by atoms with E-state index in [9.17, 15) is 9.59 Å². The first kappa shape index (κ1) is 10.4. The van der Waals surface area contributed by atoms with Gasteiger partial charge in [0.25, 0.3) is 5.56 Å². The van der Waals surface area contributed by atoms with Crippen molar-refractivity contribution in [2.45, 2.75) is 20.0 Å². The minimum atomic E-state index is -0.384. The standard InChI is InChI=1S/C10H12N4O2/c1-8-11-4-5-13(8)6-7-14-9(15)2-3-12-10(14)16/h2-5H,6-7H2,1H3,(H,12,16). The molecule has 0 aliphatic heterocycles. The van der Waals surface area contributed by atoms with Crippen molar-refractivity contribution >= 4 is 0 Å². The highest BCUT2D eigenvalue weighted by molar-refractivity contribution is 4.89. The zero-order valence-electron chi connectivity index (χ0n) is 8.88. The van der Waals surface area contributed by atoms with Crippen LogP contribution >= 0.6 is 0 Å². The molecular formula is C10H12N4O2. The summed E-state index contributed by atoms with van der Waals surface area (Å²) in [5, 5.41) is 0. The Kier molecular flexibility index (Phi) is 2.72. The molecule has 0 amide bonds. The Morgan fingerprint density at radius 1 is 1.38 bits per heavy atom. The van der Waals surface area contributed by atoms with Crippen LogP contribution in [0.1, 0.15) is 5.82 Å². The number of aryl methyl sites for hydroxylation is 2. The van der Waals surface area contributed by atoms with E-state index in [2.05, 4.69) is 9.97 Å². The molecule has 2 rings (SSSR count). The van der Waals surface area contributed by atoms with Gasteiger partial charge >= 0.3 is 5.69 Å². The lowest BCUT2D eigenvalue weighted by Gasteiger charge is -2.06. The summed E-state index contributed by atoms with van der Waals surface area (Å²) >= 11 is 0. The van der Waals surface area contributed by atoms with Crippen LogP contribution in [0.2, 0.25) is 0 Å². The molecule has 6 nitrogen and oxygen atoms in total. The molecule has 2 aromatic heterocycles. The van der Waals surface area contributed by atoms with Crippen molar-refractivity contribution in [1.29, 1.82) is 0 Å². The van der Waals surface area contributed by atoms with Crippen molar-refractivity contribution in [3.8, 4) is 0 Å². The van der Waals surface area contributed by atoms with Crippen LogP contribution < -0.4 is 11.2 Å². The summed E-state index contributed by atoms with van der Waals surface area (Å²) in [7, 11) is 0. The van der Waals surface area contributed by atoms with Gasteiger partial charge in [0.1, 0.15) is 5.82 Å². The summed E-state index contributed by atoms with van der Waals surface area (Å²) < 4.78 is 3.05. The van der Waals surface area contributed by atoms with Crippen LogP contribution in [0.3, 0.4) is 0 Å². The van der Waals surface area contributed by atoms with Crippen LogP contribution in [0, 0.1) is 6.92 Å². The maximum atomic E-state index is 11.4. The van der Waals surface area contributed by atoms with Gasteiger partial charge in [-0.2, -0.15) is 0 Å². The van der Waals surface area contributed by atoms with Crippen LogP contribution in [-0.2, 0) is 13.1 Å². The van der Waals surface area contributed by atoms with Gasteiger partial charge in [-0.3, -0.25) is 9.36 Å². The summed E-state index contributed by atoms with van der Waals surface area (Å²) in [6.07, 6.45) is 4.86. The fraction of sp³-hybridized carbons (Fsp3) is 0.300. The average Bonchev–Trinajstić information content (AvgIpc) is 2.64. The number of nitrogens with zero attached hydrogens (tertiary/aromatic N) is 3. The van der Waals surface area contributed by atoms with Crippen molar-refractivity contribution in [3.05, 3.63) is 51.3 Å². The van der Waals surface area contributed by atoms with Gasteiger partial charge < -0.3 is 9.55 Å². The molecular weight excluding hydrogens is 208 g/mol. The first-order chi connectivity index (χ1) is 7.68. The third-order valence-electron chi connectivity index (χ3n) is 2.43. The van der Waals surface area contributed by atoms with Gasteiger partial charge in [-0.1, -0.05) is 0 Å². The average molecular weight is 220 g/mol. The Hall–Kier alpha value is -2.11. The van der Waals surface area contributed by atoms with Crippen molar-refractivity contribution < 1.29 is 0 Å². The van der Waals surface area contributed by atoms with Crippen molar-refractivity contribution in [2.75, 3.05) is 0 Å². The first-order valence-electron chi connectivity index (χ1n) is 4.95. The number of imidazole rings is 1. The highest BCUT2D eigenvalue weighted by atomic mass is 16.2. The van der Waals surface area contributed by atoms with Crippen molar-refractivity contribution in [3.63, 3.8) is 0 Å². The lowest BCUT2D eigenvalue weighted by atomic mass is 10.5. The third-order valence-corrected chi connectivity index (χ3v) is 2.43. The number of rotatable bonds is 3. The van der Waals surface area contributed by atoms with E-state index >= 15 is 0 Å². The fourth-order valence-corrected chi connectivity index (χ4v) is 1.51. The van der Waals surface area contributed by atoms with Gasteiger partial charge in [0.15, 0.2) is 0 Å². The molecule has 0 radical (unpaired) electrons. The smallest absolute Gasteiger partial charge is 0.328 e. The van der Waals surface area contributed by atoms with E-state index in [0.29, 0.717) is 13.1 Å². The summed E-state index contributed by atoms with van der Waals surface area (Å²) in [5.74, 6) is 0.861. The Morgan fingerprint density at radius 3 is 2.81 bits per heavy atom. The lowest BCUT2D eigenvalue weighted by molar-refractivity contribution is 0.535. The SMILES string of the molecule is Cc1nccn1CCn1c(=O)cc[nH]c1=O. The molecule has 6 heteroatoms. The van der Waals surface area contributed by atoms with E-state index in [4.69, 9.17) is 0 Å². The van der Waals surface area contributed by atoms with Gasteiger partial charge in [-0.15, -0.1) is 0 Å². The van der Waals surface area contributed by atoms with E-state index in [1.807, 2.05) is 17.7 Å². The molecule has 0 spiro atoms. The molecule has 2 heterocycles. The Bertz CT molecular complexity index is 565. The summed E-state index contributed by atoms with van der Waals surface area (Å²) in [4.78, 5) is 29.3. The predicted molar refractivity (Wildman–Crippen MR) is 58.3 cm³/mol. The predicted octanol–water partition coefficient (Wildman–Crippen LogP) is -0.258. The molecule has 0 saturated carbocycles. The molecule has 0 unspecified atom stereocenters. The Morgan fingerprint density at radius 2 is 2.19 bits per heavy atom. The fourth-order valence-electron chi connectivity index (χ4n) is 1.51. The van der Waals surface area contributed by atoms with Crippen LogP contribution in [0.15, 0.2) is 34.2 Å². The van der Waals surface area contributed by atoms with Gasteiger partial charge in [0, 0.05) is 37.7 Å². The summed E-state index contributed by atoms with van der Waals surface area (Å²) in [6, 6.07) is 1.34. The molecule has 0 aliphatic carbocycles. The van der Waals surface area contributed by atoms with Crippen LogP contribution in [0.5, 0.6) is 0 Å². The second-order valence-corrected chi connectivity index (χ2v) is 3.44. The van der Waals surface area contributed by atoms with E-state index in [0.717, 1.165) is 5.82 Å². The highest BCUT2D eigenvalue weighted by Crippen LogP contribution is 1.94. The van der Waals surface area contributed by atoms with Gasteiger partial charge in [-0.05, 0) is 6.92 Å². The van der Waals surface area contributed by atoms with E-state index in [1.165, 1.54) is 16.8 Å². The minimum absolute atomic E-state index is 0.290. The van der Waals surface area contributed by atoms with Gasteiger partial charge in [-0.25, -0.2) is 9.78 Å². The number of hydrogen-bond donors (Lipinski definition) is 1. The molecule has 1 N–H and O–H groups in total. The normalized spacial score (nSPS) is 10.6. The first-order valence-corrected chi connectivity index (χ1v) is 4.95. The zero-order chi connectivity index (χ0) is 11.5. The molecule has 0 fully saturated rings. The van der Waals surface area contributed by atoms with Gasteiger partial charge in [0.2, 0.25) is 0 Å². The summed E-state index contributed by atoms with van der Waals surface area (Å²) in [6.45, 7) is 2.77. The van der Waals surface area contributed by atoms with E-state index < -0.39 is 0 Å². The van der Waals surface area contributed by atoms with Crippen molar-refractivity contribution in [1.82, 2.24) is 19.1 Å². The Balaban J connectivity index is 2.20. The number of aromatic nitrogens is 4. The molecule has 0 saturated heterocycles. The lowest BCUT2D eigenvalue weighted by Crippen LogP contribution is -2.35. The molecule has 84 valence electrons. The number of aromatic amines is 1. The zero-order valence-corrected chi connectivity index (χ0v) is 8.88. The second-order valence-electron chi connectivity index (χ2n) is 3.44. The molecule has 0 aliphatic rings. The number of nitrogens with one attached hydrogen (secondary N) is 1. The number of H-pyrrole nitrogens is 1. The quantitative estimate of drug-likeness (QED) is 0.774. The topological polar surface area (TPSA) is 72.7 Å². The minimum Gasteiger partial charge on any atom is -0.333 e. The molecule has 0 bridgehead atoms.